The molecule has 1 unspecified atom stereocenters. The summed E-state index contributed by atoms with van der Waals surface area (Å²) in [7, 11) is 1.67. The van der Waals surface area contributed by atoms with Crippen molar-refractivity contribution in [1.29, 1.82) is 0 Å². The maximum absolute atomic E-state index is 5.84. The number of para-hydroxylation sites is 2. The lowest BCUT2D eigenvalue weighted by atomic mass is 10.0. The third-order valence-electron chi connectivity index (χ3n) is 3.83. The summed E-state index contributed by atoms with van der Waals surface area (Å²) >= 11 is 0. The van der Waals surface area contributed by atoms with Gasteiger partial charge in [0, 0.05) is 32.2 Å². The van der Waals surface area contributed by atoms with Crippen LogP contribution >= 0.6 is 0 Å². The quantitative estimate of drug-likeness (QED) is 0.863. The number of methoxy groups -OCH3 is 1. The molecule has 1 N–H and O–H groups in total. The largest absolute Gasteiger partial charge is 0.493 e. The van der Waals surface area contributed by atoms with Gasteiger partial charge in [-0.15, -0.1) is 0 Å². The second kappa shape index (κ2) is 7.50. The normalized spacial score (nSPS) is 20.1. The minimum Gasteiger partial charge on any atom is -0.493 e. The van der Waals surface area contributed by atoms with E-state index in [1.54, 1.807) is 7.11 Å². The third kappa shape index (κ3) is 4.12. The minimum absolute atomic E-state index is 0.593. The lowest BCUT2D eigenvalue weighted by molar-refractivity contribution is 0.147. The Bertz CT molecular complexity index is 409. The van der Waals surface area contributed by atoms with E-state index >= 15 is 0 Å². The highest BCUT2D eigenvalue weighted by atomic mass is 16.5. The fourth-order valence-electron chi connectivity index (χ4n) is 2.51. The van der Waals surface area contributed by atoms with Gasteiger partial charge in [0.1, 0.15) is 6.61 Å². The Hall–Kier alpha value is -1.26. The van der Waals surface area contributed by atoms with E-state index in [0.29, 0.717) is 18.6 Å². The molecule has 4 nitrogen and oxygen atoms in total. The molecule has 1 fully saturated rings. The van der Waals surface area contributed by atoms with Gasteiger partial charge in [0.2, 0.25) is 0 Å². The molecule has 112 valence electrons. The molecule has 0 radical (unpaired) electrons. The number of rotatable bonds is 6. The molecule has 1 atom stereocenters. The van der Waals surface area contributed by atoms with Crippen LogP contribution in [0, 0.1) is 5.92 Å². The molecule has 20 heavy (non-hydrogen) atoms. The molecule has 1 heterocycles. The van der Waals surface area contributed by atoms with E-state index in [9.17, 15) is 0 Å². The molecule has 0 amide bonds. The summed E-state index contributed by atoms with van der Waals surface area (Å²) in [5.41, 5.74) is 0. The smallest absolute Gasteiger partial charge is 0.161 e. The SMILES string of the molecule is COc1ccccc1OCCN1CCNC(C(C)C)C1. The van der Waals surface area contributed by atoms with Crippen LogP contribution in [0.2, 0.25) is 0 Å². The second-order valence-electron chi connectivity index (χ2n) is 5.60. The van der Waals surface area contributed by atoms with Gasteiger partial charge < -0.3 is 14.8 Å². The zero-order valence-electron chi connectivity index (χ0n) is 12.8. The van der Waals surface area contributed by atoms with Gasteiger partial charge in [0.05, 0.1) is 7.11 Å². The lowest BCUT2D eigenvalue weighted by Crippen LogP contribution is -2.53. The van der Waals surface area contributed by atoms with Gasteiger partial charge in [-0.3, -0.25) is 4.90 Å². The summed E-state index contributed by atoms with van der Waals surface area (Å²) in [5, 5.41) is 3.57. The maximum atomic E-state index is 5.84. The van der Waals surface area contributed by atoms with Gasteiger partial charge in [-0.2, -0.15) is 0 Å². The van der Waals surface area contributed by atoms with Crippen LogP contribution < -0.4 is 14.8 Å². The van der Waals surface area contributed by atoms with Crippen LogP contribution in [0.5, 0.6) is 11.5 Å². The van der Waals surface area contributed by atoms with E-state index in [-0.39, 0.29) is 0 Å². The number of hydrogen-bond donors (Lipinski definition) is 1. The molecule has 0 aromatic heterocycles. The highest BCUT2D eigenvalue weighted by Crippen LogP contribution is 2.25. The Balaban J connectivity index is 1.78. The first-order valence-electron chi connectivity index (χ1n) is 7.42. The molecular formula is C16H26N2O2. The third-order valence-corrected chi connectivity index (χ3v) is 3.83. The van der Waals surface area contributed by atoms with E-state index in [1.807, 2.05) is 24.3 Å². The molecule has 1 aromatic carbocycles. The standard InChI is InChI=1S/C16H26N2O2/c1-13(2)14-12-18(9-8-17-14)10-11-20-16-7-5-4-6-15(16)19-3/h4-7,13-14,17H,8-12H2,1-3H3. The molecule has 1 saturated heterocycles. The predicted octanol–water partition coefficient (Wildman–Crippen LogP) is 2.00. The van der Waals surface area contributed by atoms with E-state index in [2.05, 4.69) is 24.1 Å². The number of ether oxygens (including phenoxy) is 2. The van der Waals surface area contributed by atoms with Crippen LogP contribution in [0.1, 0.15) is 13.8 Å². The Morgan fingerprint density at radius 2 is 2.05 bits per heavy atom. The van der Waals surface area contributed by atoms with Crippen molar-refractivity contribution >= 4 is 0 Å². The highest BCUT2D eigenvalue weighted by molar-refractivity contribution is 5.39. The molecule has 0 aliphatic carbocycles. The molecule has 0 saturated carbocycles. The Morgan fingerprint density at radius 1 is 1.30 bits per heavy atom. The first-order valence-corrected chi connectivity index (χ1v) is 7.42. The van der Waals surface area contributed by atoms with Crippen LogP contribution in [-0.2, 0) is 0 Å². The highest BCUT2D eigenvalue weighted by Gasteiger charge is 2.21. The van der Waals surface area contributed by atoms with Crippen molar-refractivity contribution in [2.45, 2.75) is 19.9 Å². The zero-order valence-corrected chi connectivity index (χ0v) is 12.8. The molecular weight excluding hydrogens is 252 g/mol. The van der Waals surface area contributed by atoms with Crippen LogP contribution in [0.15, 0.2) is 24.3 Å². The van der Waals surface area contributed by atoms with Crippen molar-refractivity contribution in [3.63, 3.8) is 0 Å². The van der Waals surface area contributed by atoms with Gasteiger partial charge in [0.15, 0.2) is 11.5 Å². The van der Waals surface area contributed by atoms with Crippen molar-refractivity contribution in [3.05, 3.63) is 24.3 Å². The van der Waals surface area contributed by atoms with E-state index in [1.165, 1.54) is 0 Å². The zero-order chi connectivity index (χ0) is 14.4. The van der Waals surface area contributed by atoms with Crippen LogP contribution in [0.25, 0.3) is 0 Å². The van der Waals surface area contributed by atoms with Crippen LogP contribution in [0.4, 0.5) is 0 Å². The van der Waals surface area contributed by atoms with Crippen LogP contribution in [0.3, 0.4) is 0 Å². The van der Waals surface area contributed by atoms with Crippen LogP contribution in [-0.4, -0.2) is 50.8 Å². The molecule has 4 heteroatoms. The minimum atomic E-state index is 0.593. The van der Waals surface area contributed by atoms with E-state index in [0.717, 1.165) is 37.7 Å². The molecule has 2 rings (SSSR count). The van der Waals surface area contributed by atoms with Crippen molar-refractivity contribution in [3.8, 4) is 11.5 Å². The van der Waals surface area contributed by atoms with Crippen molar-refractivity contribution in [2.24, 2.45) is 5.92 Å². The monoisotopic (exact) mass is 278 g/mol. The van der Waals surface area contributed by atoms with E-state index < -0.39 is 0 Å². The summed E-state index contributed by atoms with van der Waals surface area (Å²) in [6.45, 7) is 9.47. The van der Waals surface area contributed by atoms with Gasteiger partial charge in [-0.25, -0.2) is 0 Å². The fourth-order valence-corrected chi connectivity index (χ4v) is 2.51. The summed E-state index contributed by atoms with van der Waals surface area (Å²) in [5.74, 6) is 2.30. The van der Waals surface area contributed by atoms with Gasteiger partial charge in [-0.1, -0.05) is 26.0 Å². The average molecular weight is 278 g/mol. The number of benzene rings is 1. The Morgan fingerprint density at radius 3 is 2.75 bits per heavy atom. The lowest BCUT2D eigenvalue weighted by Gasteiger charge is -2.35. The second-order valence-corrected chi connectivity index (χ2v) is 5.60. The van der Waals surface area contributed by atoms with Crippen molar-refractivity contribution in [2.75, 3.05) is 39.9 Å². The van der Waals surface area contributed by atoms with Gasteiger partial charge in [-0.05, 0) is 18.1 Å². The van der Waals surface area contributed by atoms with E-state index in [4.69, 9.17) is 9.47 Å². The molecule has 0 bridgehead atoms. The summed E-state index contributed by atoms with van der Waals surface area (Å²) in [6, 6.07) is 8.39. The van der Waals surface area contributed by atoms with Crippen molar-refractivity contribution in [1.82, 2.24) is 10.2 Å². The molecule has 0 spiro atoms. The number of nitrogens with zero attached hydrogens (tertiary/aromatic N) is 1. The molecule has 1 aliphatic rings. The van der Waals surface area contributed by atoms with Gasteiger partial charge >= 0.3 is 0 Å². The summed E-state index contributed by atoms with van der Waals surface area (Å²) in [4.78, 5) is 2.47. The number of hydrogen-bond acceptors (Lipinski definition) is 4. The predicted molar refractivity (Wildman–Crippen MR) is 81.6 cm³/mol. The number of nitrogens with one attached hydrogen (secondary N) is 1. The summed E-state index contributed by atoms with van der Waals surface area (Å²) < 4.78 is 11.1. The molecule has 1 aliphatic heterocycles. The Kier molecular flexibility index (Phi) is 5.68. The molecule has 1 aromatic rings. The van der Waals surface area contributed by atoms with Gasteiger partial charge in [0.25, 0.3) is 0 Å². The Labute approximate surface area is 122 Å². The fraction of sp³-hybridized carbons (Fsp3) is 0.625. The first-order chi connectivity index (χ1) is 9.70. The van der Waals surface area contributed by atoms with Crippen molar-refractivity contribution < 1.29 is 9.47 Å². The number of piperazine rings is 1. The first kappa shape index (κ1) is 15.1. The summed E-state index contributed by atoms with van der Waals surface area (Å²) in [6.07, 6.45) is 0. The maximum Gasteiger partial charge on any atom is 0.161 e. The average Bonchev–Trinajstić information content (AvgIpc) is 2.48. The topological polar surface area (TPSA) is 33.7 Å².